The van der Waals surface area contributed by atoms with Gasteiger partial charge in [0.05, 0.1) is 6.61 Å². The van der Waals surface area contributed by atoms with E-state index >= 15 is 0 Å². The molecule has 0 unspecified atom stereocenters. The number of ether oxygens (including phenoxy) is 3. The van der Waals surface area contributed by atoms with Crippen LogP contribution in [-0.2, 0) is 35.0 Å². The molecule has 0 spiro atoms. The summed E-state index contributed by atoms with van der Waals surface area (Å²) in [6, 6.07) is 2.65. The van der Waals surface area contributed by atoms with Crippen LogP contribution in [0.25, 0.3) is 0 Å². The van der Waals surface area contributed by atoms with Gasteiger partial charge in [0.2, 0.25) is 5.91 Å². The predicted octanol–water partition coefficient (Wildman–Crippen LogP) is -4.28. The highest BCUT2D eigenvalue weighted by Gasteiger charge is 2.54. The van der Waals surface area contributed by atoms with Gasteiger partial charge in [0.1, 0.15) is 42.2 Å². The van der Waals surface area contributed by atoms with Gasteiger partial charge in [0.15, 0.2) is 24.1 Å². The molecule has 2 fully saturated rings. The molecule has 240 valence electrons. The molecule has 0 aromatic carbocycles. The molecule has 0 radical (unpaired) electrons. The lowest BCUT2D eigenvalue weighted by Crippen LogP contribution is -2.48. The first-order valence-electron chi connectivity index (χ1n) is 12.4. The number of hydrogen-bond donors (Lipinski definition) is 9. The second kappa shape index (κ2) is 12.8. The number of nitrogens with two attached hydrogens (primary N) is 1. The number of nitrogens with zero attached hydrogens (tertiary/aromatic N) is 4. The Hall–Kier alpha value is -3.14. The summed E-state index contributed by atoms with van der Waals surface area (Å²) in [5.41, 5.74) is 0.463. The average Bonchev–Trinajstić information content (AvgIpc) is 3.26. The summed E-state index contributed by atoms with van der Waals surface area (Å²) in [6.45, 7) is 3.47. The highest BCUT2D eigenvalue weighted by atomic mass is 31.2. The summed E-state index contributed by atoms with van der Waals surface area (Å²) in [5.74, 6) is -0.343. The summed E-state index contributed by atoms with van der Waals surface area (Å²) in [5, 5.41) is 51.3. The minimum absolute atomic E-state index is 0.0350. The molecule has 20 nitrogen and oxygen atoms in total. The van der Waals surface area contributed by atoms with Gasteiger partial charge in [0, 0.05) is 19.3 Å². The fourth-order valence-corrected chi connectivity index (χ4v) is 4.74. The van der Waals surface area contributed by atoms with Crippen LogP contribution in [0.5, 0.6) is 0 Å². The SMILES string of the molecule is CC(=O)Nc1ccn([C@]2(C)O[C@H](CO)[C@@H](O)[C@H]2O)c(=O)n1.C[C@@]1(n2ccc(N)nc2=O)O[C@H](OCP(=O)(O)O)[C@@H](O)[C@H]1O. The van der Waals surface area contributed by atoms with E-state index in [2.05, 4.69) is 15.3 Å². The lowest BCUT2D eigenvalue weighted by atomic mass is 10.0. The van der Waals surface area contributed by atoms with Crippen molar-refractivity contribution in [3.63, 3.8) is 0 Å². The number of anilines is 2. The number of carbonyl (C=O) groups is 1. The maximum atomic E-state index is 12.0. The molecule has 0 bridgehead atoms. The Morgan fingerprint density at radius 1 is 1.02 bits per heavy atom. The summed E-state index contributed by atoms with van der Waals surface area (Å²) in [4.78, 5) is 59.4. The van der Waals surface area contributed by atoms with E-state index in [0.717, 1.165) is 9.13 Å². The molecular weight excluding hydrogens is 603 g/mol. The van der Waals surface area contributed by atoms with E-state index in [1.54, 1.807) is 0 Å². The number of aliphatic hydroxyl groups is 5. The molecule has 2 aliphatic heterocycles. The van der Waals surface area contributed by atoms with Gasteiger partial charge < -0.3 is 60.6 Å². The minimum Gasteiger partial charge on any atom is -0.394 e. The van der Waals surface area contributed by atoms with Crippen LogP contribution >= 0.6 is 7.60 Å². The first-order valence-corrected chi connectivity index (χ1v) is 14.2. The second-order valence-electron chi connectivity index (χ2n) is 9.92. The lowest BCUT2D eigenvalue weighted by molar-refractivity contribution is -0.206. The van der Waals surface area contributed by atoms with Crippen molar-refractivity contribution in [2.24, 2.45) is 0 Å². The Labute approximate surface area is 242 Å². The molecule has 0 saturated carbocycles. The number of nitrogens with one attached hydrogen (secondary N) is 1. The van der Waals surface area contributed by atoms with Gasteiger partial charge in [0.25, 0.3) is 0 Å². The van der Waals surface area contributed by atoms with Gasteiger partial charge in [-0.2, -0.15) is 9.97 Å². The summed E-state index contributed by atoms with van der Waals surface area (Å²) in [6.07, 6.45) is -7.01. The number of nitrogen functional groups attached to an aromatic ring is 1. The van der Waals surface area contributed by atoms with Gasteiger partial charge in [-0.15, -0.1) is 0 Å². The molecule has 21 heteroatoms. The van der Waals surface area contributed by atoms with E-state index in [9.17, 15) is 39.4 Å². The molecule has 2 aliphatic rings. The van der Waals surface area contributed by atoms with Crippen LogP contribution in [0.15, 0.2) is 34.1 Å². The van der Waals surface area contributed by atoms with E-state index in [-0.39, 0.29) is 17.5 Å². The second-order valence-corrected chi connectivity index (χ2v) is 11.5. The minimum atomic E-state index is -4.49. The van der Waals surface area contributed by atoms with Crippen molar-refractivity contribution in [1.29, 1.82) is 0 Å². The van der Waals surface area contributed by atoms with E-state index in [1.807, 2.05) is 0 Å². The maximum Gasteiger partial charge on any atom is 0.351 e. The third-order valence-electron chi connectivity index (χ3n) is 6.63. The Morgan fingerprint density at radius 3 is 2.05 bits per heavy atom. The largest absolute Gasteiger partial charge is 0.394 e. The van der Waals surface area contributed by atoms with E-state index < -0.39 is 80.2 Å². The lowest BCUT2D eigenvalue weighted by Gasteiger charge is -2.29. The Morgan fingerprint density at radius 2 is 1.56 bits per heavy atom. The van der Waals surface area contributed by atoms with Crippen LogP contribution in [0.1, 0.15) is 20.8 Å². The first-order chi connectivity index (χ1) is 19.8. The van der Waals surface area contributed by atoms with Gasteiger partial charge >= 0.3 is 19.0 Å². The van der Waals surface area contributed by atoms with Gasteiger partial charge in [-0.3, -0.25) is 18.5 Å². The molecule has 0 aliphatic carbocycles. The molecule has 10 N–H and O–H groups in total. The molecule has 1 amide bonds. The predicted molar refractivity (Wildman–Crippen MR) is 142 cm³/mol. The van der Waals surface area contributed by atoms with Gasteiger partial charge in [-0.25, -0.2) is 9.59 Å². The molecular formula is C22H33N6O14P. The van der Waals surface area contributed by atoms with Crippen molar-refractivity contribution < 1.29 is 58.9 Å². The average molecular weight is 637 g/mol. The smallest absolute Gasteiger partial charge is 0.351 e. The number of amides is 1. The first kappa shape index (κ1) is 34.4. The maximum absolute atomic E-state index is 12.0. The number of rotatable bonds is 7. The molecule has 43 heavy (non-hydrogen) atoms. The number of aliphatic hydroxyl groups excluding tert-OH is 5. The zero-order valence-corrected chi connectivity index (χ0v) is 23.9. The monoisotopic (exact) mass is 636 g/mol. The van der Waals surface area contributed by atoms with Crippen LogP contribution in [-0.4, -0.2) is 110 Å². The fourth-order valence-electron chi connectivity index (χ4n) is 4.40. The van der Waals surface area contributed by atoms with Crippen LogP contribution in [0, 0.1) is 0 Å². The van der Waals surface area contributed by atoms with E-state index in [1.165, 1.54) is 45.3 Å². The standard InChI is InChI=1S/C12H17N3O6.C10H16N3O8P/c1-6(17)13-8-3-4-15(11(20)14-8)12(2)10(19)9(18)7(5-16)21-12;1-10(13-3-2-5(11)12-9(13)16)7(15)6(14)8(21-10)20-4-22(17,18)19/h3-4,7,9-10,16,18-19H,5H2,1-2H3,(H,13,14,17,20);2-3,6-8,14-15H,4H2,1H3,(H2,11,12,16)(H2,17,18,19)/t7-,9-,10-,12-;6-,7+,8-,10+/m10/s1. The van der Waals surface area contributed by atoms with Crippen molar-refractivity contribution in [2.75, 3.05) is 24.0 Å². The number of aromatic nitrogens is 4. The Kier molecular flexibility index (Phi) is 10.3. The summed E-state index contributed by atoms with van der Waals surface area (Å²) in [7, 11) is -4.49. The molecule has 8 atom stereocenters. The zero-order chi connectivity index (χ0) is 32.5. The Balaban J connectivity index is 0.000000236. The Bertz CT molecular complexity index is 1480. The summed E-state index contributed by atoms with van der Waals surface area (Å²) < 4.78 is 28.2. The van der Waals surface area contributed by atoms with Crippen molar-refractivity contribution in [2.45, 2.75) is 69.0 Å². The summed E-state index contributed by atoms with van der Waals surface area (Å²) >= 11 is 0. The van der Waals surface area contributed by atoms with E-state index in [0.29, 0.717) is 0 Å². The van der Waals surface area contributed by atoms with Crippen molar-refractivity contribution >= 4 is 25.1 Å². The van der Waals surface area contributed by atoms with Gasteiger partial charge in [-0.05, 0) is 26.0 Å². The molecule has 2 saturated heterocycles. The highest BCUT2D eigenvalue weighted by molar-refractivity contribution is 7.51. The van der Waals surface area contributed by atoms with Crippen LogP contribution < -0.4 is 22.4 Å². The zero-order valence-electron chi connectivity index (χ0n) is 23.0. The number of hydrogen-bond acceptors (Lipinski definition) is 15. The van der Waals surface area contributed by atoms with Crippen molar-refractivity contribution in [3.8, 4) is 0 Å². The quantitative estimate of drug-likeness (QED) is 0.130. The molecule has 2 aromatic heterocycles. The number of carbonyl (C=O) groups excluding carboxylic acids is 1. The molecule has 2 aromatic rings. The molecule has 4 rings (SSSR count). The van der Waals surface area contributed by atoms with Crippen LogP contribution in [0.2, 0.25) is 0 Å². The van der Waals surface area contributed by atoms with Crippen molar-refractivity contribution in [3.05, 3.63) is 45.5 Å². The van der Waals surface area contributed by atoms with Crippen LogP contribution in [0.3, 0.4) is 0 Å². The molecule has 4 heterocycles. The normalized spacial score (nSPS) is 32.2. The third kappa shape index (κ3) is 7.33. The van der Waals surface area contributed by atoms with Crippen LogP contribution in [0.4, 0.5) is 11.6 Å². The van der Waals surface area contributed by atoms with E-state index in [4.69, 9.17) is 34.8 Å². The topological polar surface area (TPSA) is 311 Å². The highest BCUT2D eigenvalue weighted by Crippen LogP contribution is 2.39. The van der Waals surface area contributed by atoms with Gasteiger partial charge in [-0.1, -0.05) is 0 Å². The third-order valence-corrected chi connectivity index (χ3v) is 7.11. The fraction of sp³-hybridized carbons (Fsp3) is 0.591. The van der Waals surface area contributed by atoms with Crippen molar-refractivity contribution in [1.82, 2.24) is 19.1 Å².